The first kappa shape index (κ1) is 18.2. The van der Waals surface area contributed by atoms with Gasteiger partial charge in [0.05, 0.1) is 19.3 Å². The van der Waals surface area contributed by atoms with E-state index < -0.39 is 11.8 Å². The van der Waals surface area contributed by atoms with Gasteiger partial charge in [0.25, 0.3) is 5.17 Å². The van der Waals surface area contributed by atoms with Gasteiger partial charge in [-0.3, -0.25) is 0 Å². The smallest absolute Gasteiger partial charge is 0.356 e. The maximum atomic E-state index is 14.2. The molecule has 0 saturated heterocycles. The van der Waals surface area contributed by atoms with E-state index in [9.17, 15) is 9.18 Å². The third kappa shape index (κ3) is 4.91. The van der Waals surface area contributed by atoms with E-state index in [1.807, 2.05) is 0 Å². The summed E-state index contributed by atoms with van der Waals surface area (Å²) in [5.74, 6) is -1.73. The van der Waals surface area contributed by atoms with Crippen molar-refractivity contribution in [2.45, 2.75) is 0 Å². The number of anilines is 1. The van der Waals surface area contributed by atoms with Gasteiger partial charge in [-0.05, 0) is 30.4 Å². The Morgan fingerprint density at radius 2 is 2.32 bits per heavy atom. The van der Waals surface area contributed by atoms with Crippen LogP contribution in [0.25, 0.3) is 5.69 Å². The van der Waals surface area contributed by atoms with E-state index in [4.69, 9.17) is 27.8 Å². The van der Waals surface area contributed by atoms with Gasteiger partial charge in [-0.1, -0.05) is 0 Å². The molecular formula is C15H16FN5O3S. The fourth-order valence-corrected chi connectivity index (χ4v) is 1.92. The summed E-state index contributed by atoms with van der Waals surface area (Å²) in [7, 11) is 1.44. The second-order valence-electron chi connectivity index (χ2n) is 4.85. The number of carboxylic acid groups (broad SMARTS) is 1. The van der Waals surface area contributed by atoms with Crippen molar-refractivity contribution in [2.24, 2.45) is 5.73 Å². The van der Waals surface area contributed by atoms with E-state index in [0.717, 1.165) is 0 Å². The van der Waals surface area contributed by atoms with Crippen molar-refractivity contribution in [1.29, 1.82) is 0 Å². The van der Waals surface area contributed by atoms with Crippen LogP contribution in [0.15, 0.2) is 42.6 Å². The maximum Gasteiger partial charge on any atom is 0.356 e. The number of halogens is 1. The first-order chi connectivity index (χ1) is 11.9. The molecular weight excluding hydrogens is 349 g/mol. The van der Waals surface area contributed by atoms with Crippen LogP contribution in [0.1, 0.15) is 10.5 Å². The third-order valence-corrected chi connectivity index (χ3v) is 3.39. The average molecular weight is 365 g/mol. The van der Waals surface area contributed by atoms with Crippen LogP contribution >= 0.6 is 12.2 Å². The number of carboxylic acids is 1. The van der Waals surface area contributed by atoms with E-state index in [1.165, 1.54) is 42.5 Å². The molecule has 0 aliphatic heterocycles. The van der Waals surface area contributed by atoms with Crippen LogP contribution in [-0.4, -0.2) is 39.5 Å². The minimum atomic E-state index is -1.18. The second-order valence-corrected chi connectivity index (χ2v) is 5.22. The number of hydrogen-bond acceptors (Lipinski definition) is 6. The fraction of sp³-hybridized carbons (Fsp3) is 0.133. The largest absolute Gasteiger partial charge is 0.476 e. The van der Waals surface area contributed by atoms with Gasteiger partial charge in [0.15, 0.2) is 5.69 Å². The second kappa shape index (κ2) is 8.11. The predicted octanol–water partition coefficient (Wildman–Crippen LogP) is 1.44. The molecule has 0 aliphatic rings. The van der Waals surface area contributed by atoms with Gasteiger partial charge >= 0.3 is 5.97 Å². The Bertz CT molecular complexity index is 821. The molecule has 1 heterocycles. The minimum Gasteiger partial charge on any atom is -0.476 e. The van der Waals surface area contributed by atoms with Crippen molar-refractivity contribution in [2.75, 3.05) is 19.0 Å². The standard InChI is InChI=1S/C15H16FN5O3S/c1-24-15(25)19-6-9(17)5-18-10-2-3-13(11(16)4-10)21-7-12(14(22)23)20-8-21/h2-5,7-8,18H,6,17H2,1H3,(H,19,25)(H,22,23)/b9-5-. The molecule has 0 unspecified atom stereocenters. The number of nitrogens with two attached hydrogens (primary N) is 1. The van der Waals surface area contributed by atoms with E-state index in [2.05, 4.69) is 15.6 Å². The number of nitrogens with one attached hydrogen (secondary N) is 2. The number of ether oxygens (including phenoxy) is 1. The zero-order valence-electron chi connectivity index (χ0n) is 13.2. The molecule has 0 fully saturated rings. The van der Waals surface area contributed by atoms with Crippen LogP contribution in [0.5, 0.6) is 0 Å². The number of rotatable bonds is 6. The van der Waals surface area contributed by atoms with Gasteiger partial charge in [0, 0.05) is 23.8 Å². The van der Waals surface area contributed by atoms with Crippen LogP contribution in [0.2, 0.25) is 0 Å². The van der Waals surface area contributed by atoms with E-state index in [0.29, 0.717) is 11.4 Å². The Morgan fingerprint density at radius 1 is 1.56 bits per heavy atom. The highest BCUT2D eigenvalue weighted by molar-refractivity contribution is 7.80. The zero-order valence-corrected chi connectivity index (χ0v) is 14.0. The molecule has 0 radical (unpaired) electrons. The number of imidazole rings is 1. The number of hydrogen-bond donors (Lipinski definition) is 4. The molecule has 25 heavy (non-hydrogen) atoms. The molecule has 132 valence electrons. The van der Waals surface area contributed by atoms with Crippen LogP contribution in [-0.2, 0) is 4.74 Å². The monoisotopic (exact) mass is 365 g/mol. The molecule has 0 aliphatic carbocycles. The average Bonchev–Trinajstić information content (AvgIpc) is 3.07. The van der Waals surface area contributed by atoms with Crippen molar-refractivity contribution in [1.82, 2.24) is 14.9 Å². The van der Waals surface area contributed by atoms with Crippen LogP contribution < -0.4 is 16.4 Å². The molecule has 0 bridgehead atoms. The third-order valence-electron chi connectivity index (χ3n) is 3.07. The van der Waals surface area contributed by atoms with Crippen molar-refractivity contribution < 1.29 is 19.0 Å². The molecule has 5 N–H and O–H groups in total. The van der Waals surface area contributed by atoms with E-state index in [1.54, 1.807) is 6.07 Å². The maximum absolute atomic E-state index is 14.2. The van der Waals surface area contributed by atoms with Gasteiger partial charge in [0.1, 0.15) is 12.1 Å². The Hall–Kier alpha value is -3.14. The Labute approximate surface area is 148 Å². The Kier molecular flexibility index (Phi) is 5.90. The van der Waals surface area contributed by atoms with Gasteiger partial charge in [0.2, 0.25) is 0 Å². The fourth-order valence-electron chi connectivity index (χ4n) is 1.84. The lowest BCUT2D eigenvalue weighted by Crippen LogP contribution is -2.27. The number of methoxy groups -OCH3 is 1. The lowest BCUT2D eigenvalue weighted by molar-refractivity contribution is 0.0691. The topological polar surface area (TPSA) is 114 Å². The lowest BCUT2D eigenvalue weighted by atomic mass is 10.2. The number of aromatic nitrogens is 2. The molecule has 1 aromatic heterocycles. The number of nitrogens with zero attached hydrogens (tertiary/aromatic N) is 2. The minimum absolute atomic E-state index is 0.168. The Balaban J connectivity index is 2.06. The highest BCUT2D eigenvalue weighted by Crippen LogP contribution is 2.18. The summed E-state index contributed by atoms with van der Waals surface area (Å²) in [5, 5.41) is 14.7. The van der Waals surface area contributed by atoms with E-state index >= 15 is 0 Å². The summed E-state index contributed by atoms with van der Waals surface area (Å²) < 4.78 is 20.3. The molecule has 0 saturated carbocycles. The van der Waals surface area contributed by atoms with Crippen LogP contribution in [0, 0.1) is 5.82 Å². The zero-order chi connectivity index (χ0) is 18.4. The molecule has 2 aromatic rings. The molecule has 8 nitrogen and oxygen atoms in total. The van der Waals surface area contributed by atoms with Gasteiger partial charge in [-0.25, -0.2) is 14.2 Å². The van der Waals surface area contributed by atoms with Gasteiger partial charge < -0.3 is 30.8 Å². The number of carbonyl (C=O) groups is 1. The number of benzene rings is 1. The molecule has 0 amide bonds. The molecule has 1 aromatic carbocycles. The van der Waals surface area contributed by atoms with Crippen molar-refractivity contribution in [3.05, 3.63) is 54.1 Å². The molecule has 2 rings (SSSR count). The molecule has 10 heteroatoms. The number of aromatic carboxylic acids is 1. The van der Waals surface area contributed by atoms with Crippen molar-refractivity contribution >= 4 is 29.0 Å². The van der Waals surface area contributed by atoms with Crippen LogP contribution in [0.4, 0.5) is 10.1 Å². The predicted molar refractivity (Wildman–Crippen MR) is 94.0 cm³/mol. The summed E-state index contributed by atoms with van der Waals surface area (Å²) in [5.41, 5.74) is 6.69. The lowest BCUT2D eigenvalue weighted by Gasteiger charge is -2.09. The van der Waals surface area contributed by atoms with Crippen molar-refractivity contribution in [3.63, 3.8) is 0 Å². The summed E-state index contributed by atoms with van der Waals surface area (Å²) in [6.45, 7) is 0.271. The number of thiocarbonyl (C=S) groups is 1. The highest BCUT2D eigenvalue weighted by Gasteiger charge is 2.10. The summed E-state index contributed by atoms with van der Waals surface area (Å²) in [6.07, 6.45) is 3.97. The highest BCUT2D eigenvalue weighted by atomic mass is 32.1. The quantitative estimate of drug-likeness (QED) is 0.569. The molecule has 0 spiro atoms. The van der Waals surface area contributed by atoms with Crippen molar-refractivity contribution in [3.8, 4) is 5.69 Å². The van der Waals surface area contributed by atoms with Gasteiger partial charge in [-0.15, -0.1) is 0 Å². The first-order valence-corrected chi connectivity index (χ1v) is 7.41. The normalized spacial score (nSPS) is 11.0. The van der Waals surface area contributed by atoms with Crippen LogP contribution in [0.3, 0.4) is 0 Å². The summed E-state index contributed by atoms with van der Waals surface area (Å²) in [4.78, 5) is 14.5. The summed E-state index contributed by atoms with van der Waals surface area (Å²) >= 11 is 4.82. The summed E-state index contributed by atoms with van der Waals surface area (Å²) in [6, 6.07) is 4.37. The van der Waals surface area contributed by atoms with E-state index in [-0.39, 0.29) is 23.1 Å². The van der Waals surface area contributed by atoms with Gasteiger partial charge in [-0.2, -0.15) is 0 Å². The molecule has 0 atom stereocenters. The first-order valence-electron chi connectivity index (χ1n) is 7.00. The SMILES string of the molecule is COC(=S)NC/C(N)=C/Nc1ccc(-n2cnc(C(=O)O)c2)c(F)c1. The Morgan fingerprint density at radius 3 is 2.92 bits per heavy atom.